The lowest BCUT2D eigenvalue weighted by Crippen LogP contribution is -2.32. The zero-order valence-corrected chi connectivity index (χ0v) is 15.7. The topological polar surface area (TPSA) is 67.2 Å². The van der Waals surface area contributed by atoms with Crippen LogP contribution in [-0.2, 0) is 17.8 Å². The van der Waals surface area contributed by atoms with Gasteiger partial charge in [0.2, 0.25) is 5.91 Å². The Kier molecular flexibility index (Phi) is 6.20. The number of imidazole rings is 1. The Morgan fingerprint density at radius 1 is 1.23 bits per heavy atom. The predicted octanol–water partition coefficient (Wildman–Crippen LogP) is 2.00. The van der Waals surface area contributed by atoms with Gasteiger partial charge in [-0.2, -0.15) is 0 Å². The van der Waals surface area contributed by atoms with E-state index in [1.807, 2.05) is 47.1 Å². The van der Waals surface area contributed by atoms with Gasteiger partial charge in [-0.15, -0.1) is 0 Å². The van der Waals surface area contributed by atoms with Crippen LogP contribution < -0.4 is 4.90 Å². The van der Waals surface area contributed by atoms with Crippen LogP contribution >= 0.6 is 0 Å². The molecule has 1 aliphatic rings. The van der Waals surface area contributed by atoms with E-state index >= 15 is 0 Å². The van der Waals surface area contributed by atoms with Crippen LogP contribution in [0.5, 0.6) is 0 Å². The molecule has 1 amide bonds. The van der Waals surface area contributed by atoms with E-state index < -0.39 is 0 Å². The minimum absolute atomic E-state index is 0.245. The summed E-state index contributed by atoms with van der Waals surface area (Å²) < 4.78 is 1.95. The van der Waals surface area contributed by atoms with Crippen LogP contribution in [0.15, 0.2) is 31.1 Å². The largest absolute Gasteiger partial charge is 0.361 e. The maximum absolute atomic E-state index is 12.5. The van der Waals surface area contributed by atoms with Crippen molar-refractivity contribution in [3.8, 4) is 0 Å². The first kappa shape index (κ1) is 18.4. The summed E-state index contributed by atoms with van der Waals surface area (Å²) in [7, 11) is 3.93. The molecular weight excluding hydrogens is 328 g/mol. The van der Waals surface area contributed by atoms with Crippen molar-refractivity contribution in [3.05, 3.63) is 36.8 Å². The zero-order valence-electron chi connectivity index (χ0n) is 15.7. The first-order valence-electron chi connectivity index (χ1n) is 9.33. The van der Waals surface area contributed by atoms with E-state index in [4.69, 9.17) is 0 Å². The monoisotopic (exact) mass is 356 g/mol. The molecule has 2 aromatic heterocycles. The molecule has 2 aromatic rings. The number of aromatic nitrogens is 4. The molecule has 0 unspecified atom stereocenters. The Bertz CT molecular complexity index is 683. The van der Waals surface area contributed by atoms with Crippen molar-refractivity contribution in [2.75, 3.05) is 32.1 Å². The highest BCUT2D eigenvalue weighted by atomic mass is 16.2. The van der Waals surface area contributed by atoms with Crippen LogP contribution in [0.25, 0.3) is 0 Å². The number of rotatable bonds is 6. The van der Waals surface area contributed by atoms with Crippen molar-refractivity contribution >= 4 is 11.7 Å². The van der Waals surface area contributed by atoms with Crippen LogP contribution in [0.4, 0.5) is 5.82 Å². The SMILES string of the molecule is CN(C)c1cnc(C[C@@H]2CCCN(C(=O)CCn3ccnc3)CC2)cn1. The molecule has 0 spiro atoms. The van der Waals surface area contributed by atoms with Crippen LogP contribution in [0.1, 0.15) is 31.4 Å². The molecule has 7 nitrogen and oxygen atoms in total. The van der Waals surface area contributed by atoms with Gasteiger partial charge in [-0.25, -0.2) is 9.97 Å². The molecule has 1 fully saturated rings. The van der Waals surface area contributed by atoms with Crippen molar-refractivity contribution in [1.82, 2.24) is 24.4 Å². The minimum Gasteiger partial charge on any atom is -0.361 e. The molecule has 26 heavy (non-hydrogen) atoms. The maximum Gasteiger partial charge on any atom is 0.224 e. The number of anilines is 1. The van der Waals surface area contributed by atoms with Gasteiger partial charge in [0.1, 0.15) is 5.82 Å². The highest BCUT2D eigenvalue weighted by Gasteiger charge is 2.21. The fourth-order valence-corrected chi connectivity index (χ4v) is 3.40. The number of carbonyl (C=O) groups excluding carboxylic acids is 1. The Hall–Kier alpha value is -2.44. The van der Waals surface area contributed by atoms with Gasteiger partial charge in [0, 0.05) is 52.5 Å². The average molecular weight is 356 g/mol. The smallest absolute Gasteiger partial charge is 0.224 e. The number of carbonyl (C=O) groups is 1. The highest BCUT2D eigenvalue weighted by molar-refractivity contribution is 5.76. The van der Waals surface area contributed by atoms with Gasteiger partial charge in [-0.1, -0.05) is 0 Å². The summed E-state index contributed by atoms with van der Waals surface area (Å²) in [6, 6.07) is 0. The van der Waals surface area contributed by atoms with Gasteiger partial charge in [-0.3, -0.25) is 9.78 Å². The zero-order chi connectivity index (χ0) is 18.4. The molecule has 0 aliphatic carbocycles. The van der Waals surface area contributed by atoms with Gasteiger partial charge in [-0.05, 0) is 31.6 Å². The lowest BCUT2D eigenvalue weighted by atomic mass is 9.95. The molecule has 140 valence electrons. The van der Waals surface area contributed by atoms with Crippen molar-refractivity contribution in [1.29, 1.82) is 0 Å². The minimum atomic E-state index is 0.245. The summed E-state index contributed by atoms with van der Waals surface area (Å²) in [5.74, 6) is 1.69. The van der Waals surface area contributed by atoms with Gasteiger partial charge >= 0.3 is 0 Å². The summed E-state index contributed by atoms with van der Waals surface area (Å²) >= 11 is 0. The second kappa shape index (κ2) is 8.78. The lowest BCUT2D eigenvalue weighted by Gasteiger charge is -2.21. The summed E-state index contributed by atoms with van der Waals surface area (Å²) in [5, 5.41) is 0. The van der Waals surface area contributed by atoms with Crippen molar-refractivity contribution in [3.63, 3.8) is 0 Å². The molecule has 1 aliphatic heterocycles. The first-order chi connectivity index (χ1) is 12.6. The number of hydrogen-bond donors (Lipinski definition) is 0. The maximum atomic E-state index is 12.5. The Morgan fingerprint density at radius 2 is 2.12 bits per heavy atom. The Labute approximate surface area is 155 Å². The van der Waals surface area contributed by atoms with Crippen LogP contribution in [0.2, 0.25) is 0 Å². The third-order valence-electron chi connectivity index (χ3n) is 4.99. The number of amides is 1. The number of hydrogen-bond acceptors (Lipinski definition) is 5. The fourth-order valence-electron chi connectivity index (χ4n) is 3.40. The molecule has 0 aromatic carbocycles. The molecule has 1 atom stereocenters. The van der Waals surface area contributed by atoms with E-state index in [0.717, 1.165) is 50.3 Å². The van der Waals surface area contributed by atoms with Crippen LogP contribution in [0, 0.1) is 5.92 Å². The summed E-state index contributed by atoms with van der Waals surface area (Å²) in [6.07, 6.45) is 13.8. The Morgan fingerprint density at radius 3 is 2.81 bits per heavy atom. The molecule has 7 heteroatoms. The summed E-state index contributed by atoms with van der Waals surface area (Å²) in [6.45, 7) is 2.41. The summed E-state index contributed by atoms with van der Waals surface area (Å²) in [4.78, 5) is 29.5. The standard InChI is InChI=1S/C19H28N6O/c1-23(2)18-14-21-17(13-22-18)12-16-4-3-8-25(10-5-16)19(26)6-9-24-11-7-20-15-24/h7,11,13-16H,3-6,8-10,12H2,1-2H3/t16-/m1/s1. The normalized spacial score (nSPS) is 17.8. The quantitative estimate of drug-likeness (QED) is 0.792. The molecule has 0 N–H and O–H groups in total. The van der Waals surface area contributed by atoms with E-state index in [1.54, 1.807) is 12.5 Å². The fraction of sp³-hybridized carbons (Fsp3) is 0.579. The highest BCUT2D eigenvalue weighted by Crippen LogP contribution is 2.22. The Balaban J connectivity index is 1.47. The van der Waals surface area contributed by atoms with E-state index in [1.165, 1.54) is 0 Å². The van der Waals surface area contributed by atoms with Crippen molar-refractivity contribution in [2.45, 2.75) is 38.6 Å². The van der Waals surface area contributed by atoms with Gasteiger partial charge in [0.05, 0.1) is 24.4 Å². The number of likely N-dealkylation sites (tertiary alicyclic amines) is 1. The lowest BCUT2D eigenvalue weighted by molar-refractivity contribution is -0.131. The molecule has 0 bridgehead atoms. The second-order valence-corrected chi connectivity index (χ2v) is 7.19. The van der Waals surface area contributed by atoms with Crippen molar-refractivity contribution < 1.29 is 4.79 Å². The van der Waals surface area contributed by atoms with Gasteiger partial charge in [0.25, 0.3) is 0 Å². The van der Waals surface area contributed by atoms with E-state index in [0.29, 0.717) is 18.9 Å². The predicted molar refractivity (Wildman–Crippen MR) is 101 cm³/mol. The molecule has 0 radical (unpaired) electrons. The third-order valence-corrected chi connectivity index (χ3v) is 4.99. The van der Waals surface area contributed by atoms with Gasteiger partial charge < -0.3 is 14.4 Å². The van der Waals surface area contributed by atoms with E-state index in [2.05, 4.69) is 15.0 Å². The van der Waals surface area contributed by atoms with Crippen molar-refractivity contribution in [2.24, 2.45) is 5.92 Å². The van der Waals surface area contributed by atoms with E-state index in [-0.39, 0.29) is 5.91 Å². The number of aryl methyl sites for hydroxylation is 1. The molecule has 3 rings (SSSR count). The van der Waals surface area contributed by atoms with E-state index in [9.17, 15) is 4.79 Å². The molecule has 3 heterocycles. The van der Waals surface area contributed by atoms with Crippen LogP contribution in [-0.4, -0.2) is 57.5 Å². The molecule has 0 saturated carbocycles. The van der Waals surface area contributed by atoms with Crippen LogP contribution in [0.3, 0.4) is 0 Å². The second-order valence-electron chi connectivity index (χ2n) is 7.19. The first-order valence-corrected chi connectivity index (χ1v) is 9.33. The average Bonchev–Trinajstić information content (AvgIpc) is 3.05. The third kappa shape index (κ3) is 5.03. The number of nitrogens with zero attached hydrogens (tertiary/aromatic N) is 6. The molecular formula is C19H28N6O. The molecule has 1 saturated heterocycles. The summed E-state index contributed by atoms with van der Waals surface area (Å²) in [5.41, 5.74) is 1.04. The van der Waals surface area contributed by atoms with Gasteiger partial charge in [0.15, 0.2) is 0 Å².